The van der Waals surface area contributed by atoms with Crippen LogP contribution in [0.25, 0.3) is 0 Å². The highest BCUT2D eigenvalue weighted by Crippen LogP contribution is 2.10. The Labute approximate surface area is 120 Å². The van der Waals surface area contributed by atoms with Gasteiger partial charge in [0.1, 0.15) is 6.04 Å². The third kappa shape index (κ3) is 5.31. The minimum absolute atomic E-state index is 0.113. The number of carbonyl (C=O) groups excluding carboxylic acids is 3. The van der Waals surface area contributed by atoms with Gasteiger partial charge >= 0.3 is 12.0 Å². The first-order valence-corrected chi connectivity index (χ1v) is 5.99. The van der Waals surface area contributed by atoms with Crippen LogP contribution in [0, 0.1) is 0 Å². The number of anilines is 1. The number of carboxylic acid groups (broad SMARTS) is 1. The normalized spacial score (nSPS) is 11.3. The van der Waals surface area contributed by atoms with Gasteiger partial charge in [-0.3, -0.25) is 9.59 Å². The minimum atomic E-state index is -1.40. The van der Waals surface area contributed by atoms with Crippen LogP contribution < -0.4 is 16.4 Å². The third-order valence-electron chi connectivity index (χ3n) is 2.56. The predicted octanol–water partition coefficient (Wildman–Crippen LogP) is 0.339. The summed E-state index contributed by atoms with van der Waals surface area (Å²) in [5, 5.41) is 13.4. The summed E-state index contributed by atoms with van der Waals surface area (Å²) >= 11 is 0. The number of carbonyl (C=O) groups is 4. The van der Waals surface area contributed by atoms with Crippen molar-refractivity contribution in [1.29, 1.82) is 0 Å². The van der Waals surface area contributed by atoms with Crippen molar-refractivity contribution in [2.45, 2.75) is 19.4 Å². The zero-order valence-corrected chi connectivity index (χ0v) is 11.3. The number of primary amides is 1. The zero-order valence-electron chi connectivity index (χ0n) is 11.3. The maximum atomic E-state index is 11.6. The van der Waals surface area contributed by atoms with E-state index in [1.807, 2.05) is 0 Å². The average Bonchev–Trinajstić information content (AvgIpc) is 2.37. The highest BCUT2D eigenvalue weighted by atomic mass is 16.4. The molecule has 0 bridgehead atoms. The summed E-state index contributed by atoms with van der Waals surface area (Å²) < 4.78 is 0. The molecule has 0 saturated carbocycles. The lowest BCUT2D eigenvalue weighted by Crippen LogP contribution is -2.45. The fourth-order valence-corrected chi connectivity index (χ4v) is 1.51. The number of nitrogens with one attached hydrogen (secondary N) is 2. The van der Waals surface area contributed by atoms with Gasteiger partial charge in [0.05, 0.1) is 6.42 Å². The summed E-state index contributed by atoms with van der Waals surface area (Å²) in [4.78, 5) is 44.3. The molecule has 0 radical (unpaired) electrons. The van der Waals surface area contributed by atoms with Crippen LogP contribution in [0.3, 0.4) is 0 Å². The van der Waals surface area contributed by atoms with Crippen molar-refractivity contribution in [1.82, 2.24) is 5.32 Å². The molecule has 112 valence electrons. The maximum absolute atomic E-state index is 11.6. The highest BCUT2D eigenvalue weighted by molar-refractivity contribution is 5.96. The molecule has 0 aliphatic rings. The van der Waals surface area contributed by atoms with Crippen molar-refractivity contribution < 1.29 is 24.3 Å². The molecule has 0 aliphatic heterocycles. The molecule has 3 amide bonds. The number of ketones is 1. The fourth-order valence-electron chi connectivity index (χ4n) is 1.51. The van der Waals surface area contributed by atoms with E-state index in [0.29, 0.717) is 11.3 Å². The molecule has 0 unspecified atom stereocenters. The van der Waals surface area contributed by atoms with Crippen molar-refractivity contribution >= 4 is 29.4 Å². The Kier molecular flexibility index (Phi) is 5.41. The van der Waals surface area contributed by atoms with E-state index in [1.54, 1.807) is 0 Å². The van der Waals surface area contributed by atoms with E-state index in [1.165, 1.54) is 31.2 Å². The van der Waals surface area contributed by atoms with Gasteiger partial charge in [-0.2, -0.15) is 0 Å². The van der Waals surface area contributed by atoms with Crippen LogP contribution in [0.1, 0.15) is 23.7 Å². The van der Waals surface area contributed by atoms with E-state index < -0.39 is 30.4 Å². The van der Waals surface area contributed by atoms with Crippen molar-refractivity contribution in [3.05, 3.63) is 29.8 Å². The molecule has 8 heteroatoms. The number of amides is 3. The Balaban J connectivity index is 2.65. The van der Waals surface area contributed by atoms with Crippen molar-refractivity contribution in [3.63, 3.8) is 0 Å². The maximum Gasteiger partial charge on any atom is 0.326 e. The summed E-state index contributed by atoms with van der Waals surface area (Å²) in [6.45, 7) is 1.41. The number of nitrogens with two attached hydrogens (primary N) is 1. The van der Waals surface area contributed by atoms with E-state index >= 15 is 0 Å². The lowest BCUT2D eigenvalue weighted by atomic mass is 10.1. The van der Waals surface area contributed by atoms with E-state index in [9.17, 15) is 19.2 Å². The SMILES string of the molecule is CC(=O)c1ccc(NC(=O)N[C@@H](CC(N)=O)C(=O)O)cc1. The smallest absolute Gasteiger partial charge is 0.326 e. The van der Waals surface area contributed by atoms with E-state index in [4.69, 9.17) is 10.8 Å². The van der Waals surface area contributed by atoms with Crippen LogP contribution >= 0.6 is 0 Å². The topological polar surface area (TPSA) is 139 Å². The van der Waals surface area contributed by atoms with Gasteiger partial charge in [-0.15, -0.1) is 0 Å². The Bertz CT molecular complexity index is 568. The van der Waals surface area contributed by atoms with Gasteiger partial charge in [0, 0.05) is 11.3 Å². The molecule has 0 heterocycles. The first kappa shape index (κ1) is 16.2. The van der Waals surface area contributed by atoms with Crippen LogP contribution in [0.2, 0.25) is 0 Å². The Morgan fingerprint density at radius 3 is 2.19 bits per heavy atom. The largest absolute Gasteiger partial charge is 0.480 e. The monoisotopic (exact) mass is 293 g/mol. The summed E-state index contributed by atoms with van der Waals surface area (Å²) in [7, 11) is 0. The number of hydrogen-bond acceptors (Lipinski definition) is 4. The fraction of sp³-hybridized carbons (Fsp3) is 0.231. The second-order valence-corrected chi connectivity index (χ2v) is 4.29. The zero-order chi connectivity index (χ0) is 16.0. The molecule has 1 aromatic carbocycles. The molecule has 5 N–H and O–H groups in total. The third-order valence-corrected chi connectivity index (χ3v) is 2.56. The Morgan fingerprint density at radius 1 is 1.19 bits per heavy atom. The standard InChI is InChI=1S/C13H15N3O5/c1-7(17)8-2-4-9(5-3-8)15-13(21)16-10(12(19)20)6-11(14)18/h2-5,10H,6H2,1H3,(H2,14,18)(H,19,20)(H2,15,16,21)/t10-/m0/s1. The molecule has 1 aromatic rings. The number of urea groups is 1. The molecule has 0 aromatic heterocycles. The average molecular weight is 293 g/mol. The lowest BCUT2D eigenvalue weighted by Gasteiger charge is -2.13. The summed E-state index contributed by atoms with van der Waals surface area (Å²) in [5.41, 5.74) is 5.76. The first-order chi connectivity index (χ1) is 9.79. The van der Waals surface area contributed by atoms with Gasteiger partial charge in [-0.25, -0.2) is 9.59 Å². The lowest BCUT2D eigenvalue weighted by molar-refractivity contribution is -0.140. The van der Waals surface area contributed by atoms with Gasteiger partial charge in [-0.05, 0) is 31.2 Å². The Morgan fingerprint density at radius 2 is 1.76 bits per heavy atom. The number of rotatable bonds is 6. The second-order valence-electron chi connectivity index (χ2n) is 4.29. The second kappa shape index (κ2) is 7.04. The summed E-state index contributed by atoms with van der Waals surface area (Å²) in [6.07, 6.45) is -0.508. The minimum Gasteiger partial charge on any atom is -0.480 e. The summed E-state index contributed by atoms with van der Waals surface area (Å²) in [6, 6.07) is 3.85. The Hall–Kier alpha value is -2.90. The molecular weight excluding hydrogens is 278 g/mol. The van der Waals surface area contributed by atoms with Gasteiger partial charge in [0.25, 0.3) is 0 Å². The summed E-state index contributed by atoms with van der Waals surface area (Å²) in [5.74, 6) is -2.32. The molecular formula is C13H15N3O5. The van der Waals surface area contributed by atoms with Gasteiger partial charge in [0.2, 0.25) is 5.91 Å². The predicted molar refractivity (Wildman–Crippen MR) is 73.8 cm³/mol. The molecule has 8 nitrogen and oxygen atoms in total. The van der Waals surface area contributed by atoms with Crippen LogP contribution in [0.5, 0.6) is 0 Å². The van der Waals surface area contributed by atoms with E-state index in [-0.39, 0.29) is 5.78 Å². The molecule has 1 atom stereocenters. The van der Waals surface area contributed by atoms with Crippen LogP contribution in [0.4, 0.5) is 10.5 Å². The number of hydrogen-bond donors (Lipinski definition) is 4. The highest BCUT2D eigenvalue weighted by Gasteiger charge is 2.22. The molecule has 21 heavy (non-hydrogen) atoms. The van der Waals surface area contributed by atoms with Gasteiger partial charge in [0.15, 0.2) is 5.78 Å². The number of Topliss-reactive ketones (excluding diaryl/α,β-unsaturated/α-hetero) is 1. The van der Waals surface area contributed by atoms with Gasteiger partial charge < -0.3 is 21.5 Å². The van der Waals surface area contributed by atoms with Crippen molar-refractivity contribution in [2.24, 2.45) is 5.73 Å². The van der Waals surface area contributed by atoms with Gasteiger partial charge in [-0.1, -0.05) is 0 Å². The van der Waals surface area contributed by atoms with Crippen molar-refractivity contribution in [2.75, 3.05) is 5.32 Å². The molecule has 1 rings (SSSR count). The van der Waals surface area contributed by atoms with Crippen molar-refractivity contribution in [3.8, 4) is 0 Å². The quantitative estimate of drug-likeness (QED) is 0.560. The molecule has 0 saturated heterocycles. The first-order valence-electron chi connectivity index (χ1n) is 5.99. The molecule has 0 aliphatic carbocycles. The van der Waals surface area contributed by atoms with Crippen LogP contribution in [-0.2, 0) is 9.59 Å². The number of carboxylic acids is 1. The van der Waals surface area contributed by atoms with Crippen LogP contribution in [-0.4, -0.2) is 34.8 Å². The number of benzene rings is 1. The molecule has 0 spiro atoms. The van der Waals surface area contributed by atoms with E-state index in [0.717, 1.165) is 0 Å². The number of aliphatic carboxylic acids is 1. The van der Waals surface area contributed by atoms with E-state index in [2.05, 4.69) is 10.6 Å². The van der Waals surface area contributed by atoms with Crippen LogP contribution in [0.15, 0.2) is 24.3 Å². The molecule has 0 fully saturated rings.